The first-order chi connectivity index (χ1) is 15.5. The Morgan fingerprint density at radius 1 is 1.06 bits per heavy atom. The van der Waals surface area contributed by atoms with E-state index in [2.05, 4.69) is 15.3 Å². The molecule has 0 bridgehead atoms. The lowest BCUT2D eigenvalue weighted by molar-refractivity contribution is -0.129. The number of imidazole rings is 1. The van der Waals surface area contributed by atoms with Gasteiger partial charge in [-0.1, -0.05) is 29.8 Å². The summed E-state index contributed by atoms with van der Waals surface area (Å²) < 4.78 is 5.46. The van der Waals surface area contributed by atoms with Gasteiger partial charge in [0.2, 0.25) is 5.91 Å². The van der Waals surface area contributed by atoms with E-state index in [0.29, 0.717) is 33.4 Å². The minimum absolute atomic E-state index is 0.0116. The van der Waals surface area contributed by atoms with Gasteiger partial charge in [0.05, 0.1) is 29.1 Å². The van der Waals surface area contributed by atoms with Gasteiger partial charge in [0.15, 0.2) is 0 Å². The van der Waals surface area contributed by atoms with Crippen molar-refractivity contribution in [1.82, 2.24) is 15.4 Å². The van der Waals surface area contributed by atoms with Crippen molar-refractivity contribution in [2.75, 3.05) is 11.9 Å². The number of fused-ring (bicyclic) bond motifs is 1. The molecule has 0 aliphatic heterocycles. The molecule has 0 aliphatic rings. The lowest BCUT2D eigenvalue weighted by Gasteiger charge is -2.10. The standard InChI is InChI=1S/C23H19ClN4O4/c24-18-9-8-15(13-17(18)22-26-19-6-1-2-7-20(19)27-22)25-23(30)14-4-3-5-16(12-14)32-11-10-21(29)28-31/h1-9,12-13,31H,10-11H2,(H,25,30)(H,26,27)(H,28,29). The fraction of sp³-hybridized carbons (Fsp3) is 0.0870. The topological polar surface area (TPSA) is 116 Å². The molecule has 9 heteroatoms. The monoisotopic (exact) mass is 450 g/mol. The van der Waals surface area contributed by atoms with Crippen LogP contribution in [0.4, 0.5) is 5.69 Å². The van der Waals surface area contributed by atoms with E-state index < -0.39 is 5.91 Å². The van der Waals surface area contributed by atoms with Crippen LogP contribution in [0.5, 0.6) is 5.75 Å². The molecule has 0 atom stereocenters. The Hall–Kier alpha value is -3.88. The first-order valence-electron chi connectivity index (χ1n) is 9.75. The van der Waals surface area contributed by atoms with E-state index in [1.807, 2.05) is 24.3 Å². The number of hydrogen-bond acceptors (Lipinski definition) is 5. The zero-order valence-electron chi connectivity index (χ0n) is 16.8. The summed E-state index contributed by atoms with van der Waals surface area (Å²) in [6.45, 7) is 0.0650. The third kappa shape index (κ3) is 4.88. The van der Waals surface area contributed by atoms with Crippen molar-refractivity contribution in [1.29, 1.82) is 0 Å². The number of ether oxygens (including phenoxy) is 1. The normalized spacial score (nSPS) is 10.7. The molecule has 32 heavy (non-hydrogen) atoms. The molecule has 3 aromatic carbocycles. The van der Waals surface area contributed by atoms with Crippen LogP contribution in [-0.2, 0) is 4.79 Å². The number of rotatable bonds is 7. The van der Waals surface area contributed by atoms with Crippen LogP contribution in [0.2, 0.25) is 5.02 Å². The number of nitrogens with one attached hydrogen (secondary N) is 3. The van der Waals surface area contributed by atoms with Crippen LogP contribution >= 0.6 is 11.6 Å². The van der Waals surface area contributed by atoms with E-state index in [0.717, 1.165) is 11.0 Å². The third-order valence-corrected chi connectivity index (χ3v) is 5.02. The molecular weight excluding hydrogens is 432 g/mol. The smallest absolute Gasteiger partial charge is 0.255 e. The molecule has 0 fully saturated rings. The van der Waals surface area contributed by atoms with E-state index in [9.17, 15) is 9.59 Å². The SMILES string of the molecule is O=C(CCOc1cccc(C(=O)Nc2ccc(Cl)c(-c3nc4ccccc4[nH]3)c2)c1)NO. The van der Waals surface area contributed by atoms with Gasteiger partial charge in [-0.2, -0.15) is 0 Å². The van der Waals surface area contributed by atoms with Crippen LogP contribution in [0.3, 0.4) is 0 Å². The molecule has 0 radical (unpaired) electrons. The van der Waals surface area contributed by atoms with Gasteiger partial charge < -0.3 is 15.0 Å². The number of nitrogens with zero attached hydrogens (tertiary/aromatic N) is 1. The maximum atomic E-state index is 12.7. The van der Waals surface area contributed by atoms with Crippen molar-refractivity contribution in [3.8, 4) is 17.1 Å². The van der Waals surface area contributed by atoms with Crippen molar-refractivity contribution < 1.29 is 19.5 Å². The number of aromatic nitrogens is 2. The predicted molar refractivity (Wildman–Crippen MR) is 121 cm³/mol. The van der Waals surface area contributed by atoms with Crippen LogP contribution in [0.15, 0.2) is 66.7 Å². The molecule has 0 spiro atoms. The molecule has 0 aliphatic carbocycles. The number of carbonyl (C=O) groups excluding carboxylic acids is 2. The summed E-state index contributed by atoms with van der Waals surface area (Å²) >= 11 is 6.38. The van der Waals surface area contributed by atoms with Gasteiger partial charge in [-0.25, -0.2) is 10.5 Å². The molecule has 4 N–H and O–H groups in total. The fourth-order valence-electron chi connectivity index (χ4n) is 3.11. The molecule has 1 aromatic heterocycles. The Balaban J connectivity index is 1.49. The lowest BCUT2D eigenvalue weighted by atomic mass is 10.1. The number of carbonyl (C=O) groups is 2. The van der Waals surface area contributed by atoms with Gasteiger partial charge in [-0.3, -0.25) is 14.8 Å². The summed E-state index contributed by atoms with van der Waals surface area (Å²) in [7, 11) is 0. The van der Waals surface area contributed by atoms with E-state index in [-0.39, 0.29) is 18.9 Å². The lowest BCUT2D eigenvalue weighted by Crippen LogP contribution is -2.20. The highest BCUT2D eigenvalue weighted by Crippen LogP contribution is 2.30. The maximum absolute atomic E-state index is 12.7. The second kappa shape index (κ2) is 9.51. The minimum atomic E-state index is -0.554. The van der Waals surface area contributed by atoms with Crippen molar-refractivity contribution in [3.05, 3.63) is 77.3 Å². The second-order valence-corrected chi connectivity index (χ2v) is 7.32. The van der Waals surface area contributed by atoms with Crippen LogP contribution < -0.4 is 15.5 Å². The Morgan fingerprint density at radius 2 is 1.91 bits per heavy atom. The highest BCUT2D eigenvalue weighted by atomic mass is 35.5. The van der Waals surface area contributed by atoms with Gasteiger partial charge in [0, 0.05) is 16.8 Å². The van der Waals surface area contributed by atoms with Crippen molar-refractivity contribution in [2.24, 2.45) is 0 Å². The fourth-order valence-corrected chi connectivity index (χ4v) is 3.32. The van der Waals surface area contributed by atoms with Gasteiger partial charge in [0.1, 0.15) is 11.6 Å². The summed E-state index contributed by atoms with van der Waals surface area (Å²) in [5.41, 5.74) is 4.85. The average Bonchev–Trinajstić information content (AvgIpc) is 3.24. The van der Waals surface area contributed by atoms with Crippen molar-refractivity contribution in [3.63, 3.8) is 0 Å². The summed E-state index contributed by atoms with van der Waals surface area (Å²) in [6.07, 6.45) is -0.0116. The second-order valence-electron chi connectivity index (χ2n) is 6.91. The number of halogens is 1. The molecule has 0 saturated carbocycles. The molecular formula is C23H19ClN4O4. The Bertz CT molecular complexity index is 1250. The van der Waals surface area contributed by atoms with E-state index in [1.54, 1.807) is 42.5 Å². The quantitative estimate of drug-likeness (QED) is 0.246. The number of anilines is 1. The number of H-pyrrole nitrogens is 1. The number of hydrogen-bond donors (Lipinski definition) is 4. The molecule has 4 rings (SSSR count). The summed E-state index contributed by atoms with van der Waals surface area (Å²) in [4.78, 5) is 31.6. The van der Waals surface area contributed by atoms with Crippen LogP contribution in [-0.4, -0.2) is 33.6 Å². The zero-order valence-corrected chi connectivity index (χ0v) is 17.5. The number of benzene rings is 3. The van der Waals surface area contributed by atoms with Gasteiger partial charge >= 0.3 is 0 Å². The summed E-state index contributed by atoms with van der Waals surface area (Å²) in [5.74, 6) is 0.153. The molecule has 162 valence electrons. The van der Waals surface area contributed by atoms with Crippen LogP contribution in [0, 0.1) is 0 Å². The molecule has 0 saturated heterocycles. The van der Waals surface area contributed by atoms with Crippen LogP contribution in [0.1, 0.15) is 16.8 Å². The van der Waals surface area contributed by atoms with Gasteiger partial charge in [-0.15, -0.1) is 0 Å². The van der Waals surface area contributed by atoms with Crippen LogP contribution in [0.25, 0.3) is 22.4 Å². The molecule has 4 aromatic rings. The number of aromatic amines is 1. The maximum Gasteiger partial charge on any atom is 0.255 e. The largest absolute Gasteiger partial charge is 0.493 e. The highest BCUT2D eigenvalue weighted by molar-refractivity contribution is 6.33. The first kappa shape index (κ1) is 21.4. The van der Waals surface area contributed by atoms with E-state index in [4.69, 9.17) is 21.5 Å². The minimum Gasteiger partial charge on any atom is -0.493 e. The van der Waals surface area contributed by atoms with Crippen molar-refractivity contribution >= 4 is 40.1 Å². The molecule has 1 heterocycles. The van der Waals surface area contributed by atoms with Gasteiger partial charge in [0.25, 0.3) is 5.91 Å². The van der Waals surface area contributed by atoms with E-state index >= 15 is 0 Å². The Kier molecular flexibility index (Phi) is 6.34. The number of amides is 2. The number of para-hydroxylation sites is 2. The average molecular weight is 451 g/mol. The van der Waals surface area contributed by atoms with Crippen molar-refractivity contribution in [2.45, 2.75) is 6.42 Å². The Labute approximate surface area is 188 Å². The zero-order chi connectivity index (χ0) is 22.5. The predicted octanol–water partition coefficient (Wildman–Crippen LogP) is 4.41. The highest BCUT2D eigenvalue weighted by Gasteiger charge is 2.13. The van der Waals surface area contributed by atoms with E-state index in [1.165, 1.54) is 5.48 Å². The number of hydroxylamine groups is 1. The molecule has 8 nitrogen and oxygen atoms in total. The Morgan fingerprint density at radius 3 is 2.72 bits per heavy atom. The summed E-state index contributed by atoms with van der Waals surface area (Å²) in [5, 5.41) is 11.9. The first-order valence-corrected chi connectivity index (χ1v) is 10.1. The summed E-state index contributed by atoms with van der Waals surface area (Å²) in [6, 6.07) is 19.4. The molecule has 0 unspecified atom stereocenters. The third-order valence-electron chi connectivity index (χ3n) is 4.69. The molecule has 2 amide bonds. The van der Waals surface area contributed by atoms with Gasteiger partial charge in [-0.05, 0) is 48.5 Å².